The molecule has 0 unspecified atom stereocenters. The molecule has 0 bridgehead atoms. The van der Waals surface area contributed by atoms with Gasteiger partial charge in [0.15, 0.2) is 17.5 Å². The molecular formula is C19H31IN4O4S2. The van der Waals surface area contributed by atoms with E-state index < -0.39 is 10.0 Å². The van der Waals surface area contributed by atoms with Crippen LogP contribution < -0.4 is 14.8 Å². The minimum Gasteiger partial charge on any atom is -0.493 e. The number of guanidine groups is 1. The maximum Gasteiger partial charge on any atom is 0.215 e. The number of aliphatic imine (C=N–C) groups is 1. The Bertz CT molecular complexity index is 845. The quantitative estimate of drug-likeness (QED) is 0.317. The van der Waals surface area contributed by atoms with Crippen molar-refractivity contribution in [3.05, 3.63) is 23.3 Å². The smallest absolute Gasteiger partial charge is 0.215 e. The number of halogens is 1. The molecule has 30 heavy (non-hydrogen) atoms. The van der Waals surface area contributed by atoms with E-state index in [1.165, 1.54) is 5.56 Å². The highest BCUT2D eigenvalue weighted by atomic mass is 127. The summed E-state index contributed by atoms with van der Waals surface area (Å²) in [6.45, 7) is 3.05. The molecular weight excluding hydrogens is 539 g/mol. The Morgan fingerprint density at radius 3 is 2.37 bits per heavy atom. The van der Waals surface area contributed by atoms with Crippen LogP contribution in [0.25, 0.3) is 0 Å². The van der Waals surface area contributed by atoms with Crippen molar-refractivity contribution in [1.82, 2.24) is 14.5 Å². The number of rotatable bonds is 6. The second-order valence-electron chi connectivity index (χ2n) is 6.95. The van der Waals surface area contributed by atoms with Gasteiger partial charge in [0.25, 0.3) is 0 Å². The molecule has 0 saturated carbocycles. The number of nitrogens with one attached hydrogen (secondary N) is 1. The first-order valence-corrected chi connectivity index (χ1v) is 12.5. The lowest BCUT2D eigenvalue weighted by molar-refractivity contribution is 0.346. The predicted molar refractivity (Wildman–Crippen MR) is 133 cm³/mol. The topological polar surface area (TPSA) is 83.5 Å². The van der Waals surface area contributed by atoms with E-state index >= 15 is 0 Å². The van der Waals surface area contributed by atoms with E-state index in [0.29, 0.717) is 31.9 Å². The average Bonchev–Trinajstić information content (AvgIpc) is 2.76. The van der Waals surface area contributed by atoms with Crippen LogP contribution in [-0.2, 0) is 23.0 Å². The van der Waals surface area contributed by atoms with Crippen LogP contribution in [0, 0.1) is 0 Å². The van der Waals surface area contributed by atoms with Crippen molar-refractivity contribution in [3.63, 3.8) is 0 Å². The van der Waals surface area contributed by atoms with Crippen LogP contribution in [0.2, 0.25) is 0 Å². The molecule has 0 amide bonds. The van der Waals surface area contributed by atoms with Crippen LogP contribution in [0.3, 0.4) is 0 Å². The SMILES string of the molecule is CN=C(NCCS(=O)(=O)N1CCSCC1)N1CCc2cc(OC)c(OC)cc2C1.I. The molecule has 1 fully saturated rings. The minimum atomic E-state index is -3.23. The van der Waals surface area contributed by atoms with Gasteiger partial charge in [-0.2, -0.15) is 11.8 Å². The maximum atomic E-state index is 12.5. The lowest BCUT2D eigenvalue weighted by Crippen LogP contribution is -2.47. The summed E-state index contributed by atoms with van der Waals surface area (Å²) in [5, 5.41) is 3.23. The molecule has 0 aromatic heterocycles. The van der Waals surface area contributed by atoms with Gasteiger partial charge in [0.2, 0.25) is 10.0 Å². The number of benzene rings is 1. The summed E-state index contributed by atoms with van der Waals surface area (Å²) in [5.74, 6) is 3.98. The largest absolute Gasteiger partial charge is 0.493 e. The standard InChI is InChI=1S/C19H30N4O4S2.HI/c1-20-19(21-5-11-29(24,25)23-7-9-28-10-8-23)22-6-4-15-12-17(26-2)18(27-3)13-16(15)14-22;/h12-13H,4-11,14H2,1-3H3,(H,20,21);1H. The van der Waals surface area contributed by atoms with Gasteiger partial charge in [-0.3, -0.25) is 4.99 Å². The van der Waals surface area contributed by atoms with Gasteiger partial charge in [-0.15, -0.1) is 24.0 Å². The monoisotopic (exact) mass is 570 g/mol. The second kappa shape index (κ2) is 11.6. The van der Waals surface area contributed by atoms with Gasteiger partial charge >= 0.3 is 0 Å². The molecule has 0 radical (unpaired) electrons. The zero-order chi connectivity index (χ0) is 20.9. The molecule has 0 atom stereocenters. The fraction of sp³-hybridized carbons (Fsp3) is 0.632. The van der Waals surface area contributed by atoms with Gasteiger partial charge in [-0.05, 0) is 29.7 Å². The number of nitrogens with zero attached hydrogens (tertiary/aromatic N) is 3. The Morgan fingerprint density at radius 2 is 1.77 bits per heavy atom. The zero-order valence-corrected chi connectivity index (χ0v) is 21.7. The van der Waals surface area contributed by atoms with E-state index in [2.05, 4.69) is 15.2 Å². The van der Waals surface area contributed by atoms with Crippen molar-refractivity contribution >= 4 is 51.7 Å². The molecule has 2 aliphatic rings. The lowest BCUT2D eigenvalue weighted by Gasteiger charge is -2.32. The van der Waals surface area contributed by atoms with E-state index in [1.807, 2.05) is 12.1 Å². The number of hydrogen-bond acceptors (Lipinski definition) is 6. The molecule has 0 spiro atoms. The number of ether oxygens (including phenoxy) is 2. The van der Waals surface area contributed by atoms with E-state index in [1.54, 1.807) is 37.3 Å². The molecule has 170 valence electrons. The van der Waals surface area contributed by atoms with Crippen molar-refractivity contribution < 1.29 is 17.9 Å². The van der Waals surface area contributed by atoms with Gasteiger partial charge < -0.3 is 19.7 Å². The Balaban J connectivity index is 0.00000320. The molecule has 1 N–H and O–H groups in total. The molecule has 11 heteroatoms. The third-order valence-electron chi connectivity index (χ3n) is 5.24. The first-order chi connectivity index (χ1) is 14.0. The van der Waals surface area contributed by atoms with Gasteiger partial charge in [0.1, 0.15) is 0 Å². The number of thioether (sulfide) groups is 1. The summed E-state index contributed by atoms with van der Waals surface area (Å²) in [4.78, 5) is 6.49. The van der Waals surface area contributed by atoms with E-state index in [0.717, 1.165) is 41.7 Å². The molecule has 1 aromatic carbocycles. The molecule has 1 aromatic rings. The van der Waals surface area contributed by atoms with Crippen LogP contribution >= 0.6 is 35.7 Å². The van der Waals surface area contributed by atoms with E-state index in [-0.39, 0.29) is 29.7 Å². The highest BCUT2D eigenvalue weighted by molar-refractivity contribution is 14.0. The van der Waals surface area contributed by atoms with Crippen LogP contribution in [-0.4, -0.2) is 88.3 Å². The molecule has 1 saturated heterocycles. The summed E-state index contributed by atoms with van der Waals surface area (Å²) >= 11 is 1.80. The fourth-order valence-electron chi connectivity index (χ4n) is 3.64. The van der Waals surface area contributed by atoms with Crippen LogP contribution in [0.15, 0.2) is 17.1 Å². The Hall–Kier alpha value is -0.920. The summed E-state index contributed by atoms with van der Waals surface area (Å²) in [7, 11) is 1.77. The molecule has 3 rings (SSSR count). The number of fused-ring (bicyclic) bond motifs is 1. The summed E-state index contributed by atoms with van der Waals surface area (Å²) in [5.41, 5.74) is 2.40. The summed E-state index contributed by atoms with van der Waals surface area (Å²) in [6, 6.07) is 4.04. The van der Waals surface area contributed by atoms with Gasteiger partial charge in [0, 0.05) is 51.3 Å². The maximum absolute atomic E-state index is 12.5. The van der Waals surface area contributed by atoms with Gasteiger partial charge in [-0.25, -0.2) is 12.7 Å². The van der Waals surface area contributed by atoms with Crippen LogP contribution in [0.4, 0.5) is 0 Å². The van der Waals surface area contributed by atoms with Crippen molar-refractivity contribution in [2.24, 2.45) is 4.99 Å². The third-order valence-corrected chi connectivity index (χ3v) is 8.05. The predicted octanol–water partition coefficient (Wildman–Crippen LogP) is 1.63. The Kier molecular flexibility index (Phi) is 9.82. The Labute approximate surface area is 200 Å². The van der Waals surface area contributed by atoms with Crippen molar-refractivity contribution in [2.75, 3.05) is 64.7 Å². The number of hydrogen-bond donors (Lipinski definition) is 1. The van der Waals surface area contributed by atoms with Crippen LogP contribution in [0.1, 0.15) is 11.1 Å². The normalized spacial score (nSPS) is 17.7. The fourth-order valence-corrected chi connectivity index (χ4v) is 6.13. The molecule has 8 nitrogen and oxygen atoms in total. The van der Waals surface area contributed by atoms with Gasteiger partial charge in [0.05, 0.1) is 20.0 Å². The third kappa shape index (κ3) is 6.07. The first-order valence-electron chi connectivity index (χ1n) is 9.73. The average molecular weight is 571 g/mol. The highest BCUT2D eigenvalue weighted by Gasteiger charge is 2.25. The van der Waals surface area contributed by atoms with Crippen molar-refractivity contribution in [3.8, 4) is 11.5 Å². The molecule has 0 aliphatic carbocycles. The zero-order valence-electron chi connectivity index (χ0n) is 17.7. The number of sulfonamides is 1. The van der Waals surface area contributed by atoms with E-state index in [4.69, 9.17) is 9.47 Å². The molecule has 2 heterocycles. The lowest BCUT2D eigenvalue weighted by atomic mass is 9.99. The summed E-state index contributed by atoms with van der Waals surface area (Å²) in [6.07, 6.45) is 0.861. The van der Waals surface area contributed by atoms with Crippen LogP contribution in [0.5, 0.6) is 11.5 Å². The van der Waals surface area contributed by atoms with Crippen molar-refractivity contribution in [2.45, 2.75) is 13.0 Å². The van der Waals surface area contributed by atoms with Gasteiger partial charge in [-0.1, -0.05) is 0 Å². The Morgan fingerprint density at radius 1 is 1.13 bits per heavy atom. The first kappa shape index (κ1) is 25.3. The number of methoxy groups -OCH3 is 2. The van der Waals surface area contributed by atoms with E-state index in [9.17, 15) is 8.42 Å². The van der Waals surface area contributed by atoms with Crippen molar-refractivity contribution in [1.29, 1.82) is 0 Å². The highest BCUT2D eigenvalue weighted by Crippen LogP contribution is 2.33. The minimum absolute atomic E-state index is 0. The second-order valence-corrected chi connectivity index (χ2v) is 10.3. The molecule has 2 aliphatic heterocycles. The summed E-state index contributed by atoms with van der Waals surface area (Å²) < 4.78 is 37.5.